The second-order valence-electron chi connectivity index (χ2n) is 4.65. The fraction of sp³-hybridized carbons (Fsp3) is 0.900. The van der Waals surface area contributed by atoms with Gasteiger partial charge in [0.1, 0.15) is 0 Å². The Morgan fingerprint density at radius 2 is 2.22 bits per heavy atom. The first-order chi connectivity index (χ1) is 8.35. The number of amides is 1. The van der Waals surface area contributed by atoms with Gasteiger partial charge in [0.25, 0.3) is 0 Å². The van der Waals surface area contributed by atoms with Crippen molar-refractivity contribution in [1.82, 2.24) is 9.03 Å². The van der Waals surface area contributed by atoms with Crippen LogP contribution in [0, 0.1) is 5.92 Å². The van der Waals surface area contributed by atoms with E-state index in [0.29, 0.717) is 19.6 Å². The molecular weight excluding hydrogens is 258 g/mol. The average Bonchev–Trinajstić information content (AvgIpc) is 2.65. The predicted octanol–water partition coefficient (Wildman–Crippen LogP) is 0.0365. The van der Waals surface area contributed by atoms with Gasteiger partial charge in [0.15, 0.2) is 0 Å². The Balaban J connectivity index is 2.52. The van der Waals surface area contributed by atoms with Gasteiger partial charge >= 0.3 is 16.3 Å². The molecule has 18 heavy (non-hydrogen) atoms. The highest BCUT2D eigenvalue weighted by Gasteiger charge is 2.32. The van der Waals surface area contributed by atoms with Crippen LogP contribution in [0.15, 0.2) is 0 Å². The second kappa shape index (κ2) is 6.35. The van der Waals surface area contributed by atoms with Crippen LogP contribution in [-0.2, 0) is 14.9 Å². The van der Waals surface area contributed by atoms with E-state index in [1.165, 1.54) is 4.31 Å². The fourth-order valence-corrected chi connectivity index (χ4v) is 3.04. The Morgan fingerprint density at radius 1 is 1.56 bits per heavy atom. The molecule has 8 heteroatoms. The van der Waals surface area contributed by atoms with Crippen LogP contribution in [-0.4, -0.2) is 44.6 Å². The Hall–Kier alpha value is -0.860. The first-order valence-corrected chi connectivity index (χ1v) is 7.47. The molecule has 1 amide bonds. The molecule has 1 atom stereocenters. The predicted molar refractivity (Wildman–Crippen MR) is 67.0 cm³/mol. The summed E-state index contributed by atoms with van der Waals surface area (Å²) in [6.45, 7) is 4.66. The quantitative estimate of drug-likeness (QED) is 0.739. The number of hydrogen-bond acceptors (Lipinski definition) is 5. The van der Waals surface area contributed by atoms with Crippen LogP contribution in [0.25, 0.3) is 0 Å². The molecule has 0 aromatic carbocycles. The van der Waals surface area contributed by atoms with E-state index in [0.717, 1.165) is 12.8 Å². The van der Waals surface area contributed by atoms with Crippen LogP contribution in [0.2, 0.25) is 0 Å². The number of carbonyl (C=O) groups is 1. The minimum Gasteiger partial charge on any atom is -0.446 e. The molecule has 0 spiro atoms. The van der Waals surface area contributed by atoms with E-state index in [9.17, 15) is 13.2 Å². The van der Waals surface area contributed by atoms with Crippen LogP contribution < -0.4 is 10.5 Å². The maximum Gasteiger partial charge on any atom is 0.422 e. The topological polar surface area (TPSA) is 102 Å². The summed E-state index contributed by atoms with van der Waals surface area (Å²) < 4.78 is 31.6. The molecule has 1 aliphatic heterocycles. The monoisotopic (exact) mass is 279 g/mol. The molecule has 1 fully saturated rings. The third kappa shape index (κ3) is 4.43. The molecule has 1 heterocycles. The van der Waals surface area contributed by atoms with Crippen LogP contribution in [0.5, 0.6) is 0 Å². The summed E-state index contributed by atoms with van der Waals surface area (Å²) in [4.78, 5) is 11.3. The number of nitrogens with zero attached hydrogens (tertiary/aromatic N) is 1. The van der Waals surface area contributed by atoms with Gasteiger partial charge in [0, 0.05) is 13.1 Å². The molecule has 1 rings (SSSR count). The van der Waals surface area contributed by atoms with Gasteiger partial charge < -0.3 is 10.5 Å². The number of nitrogens with two attached hydrogens (primary N) is 1. The molecule has 0 bridgehead atoms. The first kappa shape index (κ1) is 15.2. The van der Waals surface area contributed by atoms with Gasteiger partial charge in [-0.15, -0.1) is 0 Å². The minimum atomic E-state index is -3.79. The molecule has 3 N–H and O–H groups in total. The van der Waals surface area contributed by atoms with Crippen molar-refractivity contribution in [3.63, 3.8) is 0 Å². The maximum atomic E-state index is 11.9. The van der Waals surface area contributed by atoms with Crippen molar-refractivity contribution >= 4 is 16.3 Å². The van der Waals surface area contributed by atoms with Crippen LogP contribution >= 0.6 is 0 Å². The van der Waals surface area contributed by atoms with Gasteiger partial charge in [-0.05, 0) is 39.2 Å². The van der Waals surface area contributed by atoms with Crippen molar-refractivity contribution < 1.29 is 17.9 Å². The lowest BCUT2D eigenvalue weighted by Crippen LogP contribution is -2.43. The van der Waals surface area contributed by atoms with Crippen molar-refractivity contribution in [2.75, 3.05) is 19.6 Å². The van der Waals surface area contributed by atoms with Crippen molar-refractivity contribution in [1.29, 1.82) is 0 Å². The molecule has 0 aromatic rings. The number of hydrogen-bond donors (Lipinski definition) is 2. The second-order valence-corrected chi connectivity index (χ2v) is 6.32. The van der Waals surface area contributed by atoms with Gasteiger partial charge in [0.05, 0.1) is 6.10 Å². The van der Waals surface area contributed by atoms with Gasteiger partial charge in [-0.1, -0.05) is 0 Å². The van der Waals surface area contributed by atoms with Gasteiger partial charge in [-0.25, -0.2) is 9.52 Å². The van der Waals surface area contributed by atoms with Crippen molar-refractivity contribution in [2.24, 2.45) is 11.7 Å². The Labute approximate surface area is 108 Å². The van der Waals surface area contributed by atoms with Crippen molar-refractivity contribution in [3.8, 4) is 0 Å². The highest BCUT2D eigenvalue weighted by Crippen LogP contribution is 2.20. The van der Waals surface area contributed by atoms with Crippen LogP contribution in [0.3, 0.4) is 0 Å². The van der Waals surface area contributed by atoms with E-state index in [-0.39, 0.29) is 12.0 Å². The third-order valence-electron chi connectivity index (χ3n) is 2.72. The summed E-state index contributed by atoms with van der Waals surface area (Å²) in [5, 5.41) is 0. The molecule has 1 saturated heterocycles. The summed E-state index contributed by atoms with van der Waals surface area (Å²) in [5.41, 5.74) is 5.44. The SMILES string of the molecule is CC(C)OC(=O)NS(=O)(=O)N1CCC(CCN)C1. The highest BCUT2D eigenvalue weighted by molar-refractivity contribution is 7.87. The highest BCUT2D eigenvalue weighted by atomic mass is 32.2. The lowest BCUT2D eigenvalue weighted by Gasteiger charge is -2.17. The zero-order chi connectivity index (χ0) is 13.8. The Bertz CT molecular complexity index is 383. The minimum absolute atomic E-state index is 0.271. The number of carbonyl (C=O) groups excluding carboxylic acids is 1. The maximum absolute atomic E-state index is 11.9. The van der Waals surface area contributed by atoms with E-state index in [1.807, 2.05) is 4.72 Å². The largest absolute Gasteiger partial charge is 0.446 e. The standard InChI is InChI=1S/C10H21N3O4S/c1-8(2)17-10(14)12-18(15,16)13-6-4-9(7-13)3-5-11/h8-9H,3-7,11H2,1-2H3,(H,12,14). The molecule has 106 valence electrons. The van der Waals surface area contributed by atoms with Crippen molar-refractivity contribution in [2.45, 2.75) is 32.8 Å². The average molecular weight is 279 g/mol. The first-order valence-electron chi connectivity index (χ1n) is 6.03. The van der Waals surface area contributed by atoms with Crippen LogP contribution in [0.1, 0.15) is 26.7 Å². The molecule has 7 nitrogen and oxygen atoms in total. The van der Waals surface area contributed by atoms with Gasteiger partial charge in [-0.2, -0.15) is 12.7 Å². The molecule has 0 saturated carbocycles. The van der Waals surface area contributed by atoms with Gasteiger partial charge in [0.2, 0.25) is 0 Å². The summed E-state index contributed by atoms with van der Waals surface area (Å²) in [6.07, 6.45) is 0.274. The van der Waals surface area contributed by atoms with E-state index >= 15 is 0 Å². The molecule has 1 unspecified atom stereocenters. The number of ether oxygens (including phenoxy) is 1. The van der Waals surface area contributed by atoms with E-state index in [1.54, 1.807) is 13.8 Å². The fourth-order valence-electron chi connectivity index (χ4n) is 1.89. The molecule has 0 radical (unpaired) electrons. The smallest absolute Gasteiger partial charge is 0.422 e. The van der Waals surface area contributed by atoms with E-state index < -0.39 is 16.3 Å². The lowest BCUT2D eigenvalue weighted by molar-refractivity contribution is 0.121. The molecule has 0 aromatic heterocycles. The summed E-state index contributed by atoms with van der Waals surface area (Å²) in [6, 6.07) is 0. The zero-order valence-corrected chi connectivity index (χ0v) is 11.6. The summed E-state index contributed by atoms with van der Waals surface area (Å²) in [7, 11) is -3.79. The van der Waals surface area contributed by atoms with Gasteiger partial charge in [-0.3, -0.25) is 0 Å². The summed E-state index contributed by atoms with van der Waals surface area (Å²) in [5.74, 6) is 0.271. The van der Waals surface area contributed by atoms with E-state index in [2.05, 4.69) is 0 Å². The number of rotatable bonds is 5. The van der Waals surface area contributed by atoms with Crippen LogP contribution in [0.4, 0.5) is 4.79 Å². The Kier molecular flexibility index (Phi) is 5.36. The normalized spacial score (nSPS) is 21.2. The van der Waals surface area contributed by atoms with E-state index in [4.69, 9.17) is 10.5 Å². The number of nitrogens with one attached hydrogen (secondary N) is 1. The summed E-state index contributed by atoms with van der Waals surface area (Å²) >= 11 is 0. The Morgan fingerprint density at radius 3 is 2.78 bits per heavy atom. The molecule has 1 aliphatic rings. The third-order valence-corrected chi connectivity index (χ3v) is 4.15. The molecular formula is C10H21N3O4S. The lowest BCUT2D eigenvalue weighted by atomic mass is 10.1. The van der Waals surface area contributed by atoms with Crippen molar-refractivity contribution in [3.05, 3.63) is 0 Å². The zero-order valence-electron chi connectivity index (χ0n) is 10.8. The molecule has 0 aliphatic carbocycles.